The summed E-state index contributed by atoms with van der Waals surface area (Å²) < 4.78 is 9.96. The lowest BCUT2D eigenvalue weighted by molar-refractivity contribution is 0.0527. The molecule has 2 rings (SSSR count). The van der Waals surface area contributed by atoms with Gasteiger partial charge in [0.2, 0.25) is 5.78 Å². The molecular formula is C16H15NO4. The summed E-state index contributed by atoms with van der Waals surface area (Å²) in [6, 6.07) is 10.1. The van der Waals surface area contributed by atoms with Crippen LogP contribution in [0.15, 0.2) is 59.4 Å². The second-order valence-corrected chi connectivity index (χ2v) is 4.09. The van der Waals surface area contributed by atoms with Gasteiger partial charge in [-0.2, -0.15) is 0 Å². The average molecular weight is 285 g/mol. The van der Waals surface area contributed by atoms with Crippen LogP contribution in [0.5, 0.6) is 0 Å². The van der Waals surface area contributed by atoms with Crippen molar-refractivity contribution in [1.82, 2.24) is 0 Å². The molecule has 0 unspecified atom stereocenters. The van der Waals surface area contributed by atoms with Crippen molar-refractivity contribution in [2.45, 2.75) is 6.92 Å². The molecular weight excluding hydrogens is 270 g/mol. The van der Waals surface area contributed by atoms with Crippen molar-refractivity contribution in [3.63, 3.8) is 0 Å². The van der Waals surface area contributed by atoms with Gasteiger partial charge < -0.3 is 14.5 Å². The van der Waals surface area contributed by atoms with Crippen molar-refractivity contribution >= 4 is 17.4 Å². The first kappa shape index (κ1) is 14.6. The van der Waals surface area contributed by atoms with Crippen molar-refractivity contribution in [3.05, 3.63) is 66.3 Å². The number of carbonyl (C=O) groups is 2. The van der Waals surface area contributed by atoms with Gasteiger partial charge in [0.05, 0.1) is 24.1 Å². The van der Waals surface area contributed by atoms with Gasteiger partial charge in [-0.3, -0.25) is 4.79 Å². The lowest BCUT2D eigenvalue weighted by atomic mass is 10.2. The van der Waals surface area contributed by atoms with Crippen LogP contribution in [0.3, 0.4) is 0 Å². The monoisotopic (exact) mass is 285 g/mol. The molecule has 1 N–H and O–H groups in total. The van der Waals surface area contributed by atoms with Gasteiger partial charge in [-0.15, -0.1) is 0 Å². The zero-order valence-corrected chi connectivity index (χ0v) is 11.5. The van der Waals surface area contributed by atoms with E-state index in [1.54, 1.807) is 43.3 Å². The third-order valence-corrected chi connectivity index (χ3v) is 2.66. The summed E-state index contributed by atoms with van der Waals surface area (Å²) in [5, 5.41) is 2.90. The number of para-hydroxylation sites is 1. The second kappa shape index (κ2) is 7.09. The van der Waals surface area contributed by atoms with Crippen molar-refractivity contribution in [3.8, 4) is 0 Å². The van der Waals surface area contributed by atoms with E-state index < -0.39 is 5.97 Å². The number of anilines is 1. The van der Waals surface area contributed by atoms with Crippen LogP contribution in [-0.4, -0.2) is 18.4 Å². The number of nitrogens with one attached hydrogen (secondary N) is 1. The third kappa shape index (κ3) is 3.82. The molecule has 0 fully saturated rings. The van der Waals surface area contributed by atoms with E-state index in [9.17, 15) is 9.59 Å². The fraction of sp³-hybridized carbons (Fsp3) is 0.125. The first-order valence-electron chi connectivity index (χ1n) is 6.49. The Bertz CT molecular complexity index is 644. The summed E-state index contributed by atoms with van der Waals surface area (Å²) in [6.45, 7) is 2.05. The van der Waals surface area contributed by atoms with Gasteiger partial charge in [0.1, 0.15) is 0 Å². The van der Waals surface area contributed by atoms with Crippen LogP contribution in [0.1, 0.15) is 27.8 Å². The Balaban J connectivity index is 2.06. The maximum absolute atomic E-state index is 11.8. The third-order valence-electron chi connectivity index (χ3n) is 2.66. The molecule has 5 heteroatoms. The fourth-order valence-electron chi connectivity index (χ4n) is 1.70. The topological polar surface area (TPSA) is 68.5 Å². The summed E-state index contributed by atoms with van der Waals surface area (Å²) >= 11 is 0. The minimum absolute atomic E-state index is 0.256. The number of allylic oxidation sites excluding steroid dienone is 1. The van der Waals surface area contributed by atoms with Gasteiger partial charge in [-0.05, 0) is 31.2 Å². The first-order chi connectivity index (χ1) is 10.2. The Hall–Kier alpha value is -2.82. The molecule has 0 saturated heterocycles. The molecule has 0 amide bonds. The maximum atomic E-state index is 11.8. The summed E-state index contributed by atoms with van der Waals surface area (Å²) in [5.74, 6) is -0.417. The average Bonchev–Trinajstić information content (AvgIpc) is 3.02. The number of hydrogen-bond acceptors (Lipinski definition) is 5. The van der Waals surface area contributed by atoms with Crippen LogP contribution in [0.2, 0.25) is 0 Å². The number of carbonyl (C=O) groups excluding carboxylic acids is 2. The molecule has 0 saturated carbocycles. The van der Waals surface area contributed by atoms with E-state index in [2.05, 4.69) is 5.32 Å². The van der Waals surface area contributed by atoms with Crippen LogP contribution in [0.4, 0.5) is 5.69 Å². The van der Waals surface area contributed by atoms with E-state index in [1.807, 2.05) is 0 Å². The van der Waals surface area contributed by atoms with Gasteiger partial charge in [-0.1, -0.05) is 12.1 Å². The second-order valence-electron chi connectivity index (χ2n) is 4.09. The highest BCUT2D eigenvalue weighted by Gasteiger charge is 2.10. The molecule has 0 aliphatic rings. The molecule has 2 aromatic rings. The smallest absolute Gasteiger partial charge is 0.340 e. The van der Waals surface area contributed by atoms with E-state index >= 15 is 0 Å². The molecule has 108 valence electrons. The molecule has 0 bridgehead atoms. The lowest BCUT2D eigenvalue weighted by Gasteiger charge is -2.07. The molecule has 1 aromatic carbocycles. The number of ether oxygens (including phenoxy) is 1. The zero-order chi connectivity index (χ0) is 15.1. The SMILES string of the molecule is CCOC(=O)c1ccccc1N/C=C/C(=O)c1ccco1. The molecule has 0 spiro atoms. The number of benzene rings is 1. The minimum Gasteiger partial charge on any atom is -0.462 e. The predicted molar refractivity (Wildman–Crippen MR) is 78.2 cm³/mol. The summed E-state index contributed by atoms with van der Waals surface area (Å²) in [7, 11) is 0. The van der Waals surface area contributed by atoms with Crippen molar-refractivity contribution < 1.29 is 18.7 Å². The van der Waals surface area contributed by atoms with E-state index in [4.69, 9.17) is 9.15 Å². The fourth-order valence-corrected chi connectivity index (χ4v) is 1.70. The lowest BCUT2D eigenvalue weighted by Crippen LogP contribution is -2.07. The zero-order valence-electron chi connectivity index (χ0n) is 11.5. The highest BCUT2D eigenvalue weighted by Crippen LogP contribution is 2.16. The normalized spacial score (nSPS) is 10.5. The molecule has 1 aromatic heterocycles. The van der Waals surface area contributed by atoms with Gasteiger partial charge in [0, 0.05) is 12.3 Å². The van der Waals surface area contributed by atoms with E-state index in [-0.39, 0.29) is 11.5 Å². The Labute approximate surface area is 122 Å². The Morgan fingerprint density at radius 3 is 2.76 bits per heavy atom. The van der Waals surface area contributed by atoms with Gasteiger partial charge in [0.25, 0.3) is 0 Å². The van der Waals surface area contributed by atoms with Crippen LogP contribution < -0.4 is 5.32 Å². The molecule has 21 heavy (non-hydrogen) atoms. The Morgan fingerprint density at radius 2 is 2.05 bits per heavy atom. The van der Waals surface area contributed by atoms with Crippen molar-refractivity contribution in [2.24, 2.45) is 0 Å². The summed E-state index contributed by atoms with van der Waals surface area (Å²) in [6.07, 6.45) is 4.23. The summed E-state index contributed by atoms with van der Waals surface area (Å²) in [4.78, 5) is 23.5. The van der Waals surface area contributed by atoms with Crippen molar-refractivity contribution in [1.29, 1.82) is 0 Å². The highest BCUT2D eigenvalue weighted by molar-refractivity contribution is 6.02. The number of ketones is 1. The standard InChI is InChI=1S/C16H15NO4/c1-2-20-16(19)12-6-3-4-7-13(12)17-10-9-14(18)15-8-5-11-21-15/h3-11,17H,2H2,1H3/b10-9+. The van der Waals surface area contributed by atoms with Gasteiger partial charge in [0.15, 0.2) is 5.76 Å². The largest absolute Gasteiger partial charge is 0.462 e. The van der Waals surface area contributed by atoms with Gasteiger partial charge in [-0.25, -0.2) is 4.79 Å². The van der Waals surface area contributed by atoms with Crippen LogP contribution in [0, 0.1) is 0 Å². The maximum Gasteiger partial charge on any atom is 0.340 e. The molecule has 5 nitrogen and oxygen atoms in total. The van der Waals surface area contributed by atoms with E-state index in [1.165, 1.54) is 18.5 Å². The van der Waals surface area contributed by atoms with Crippen LogP contribution >= 0.6 is 0 Å². The molecule has 1 heterocycles. The molecule has 0 aliphatic heterocycles. The highest BCUT2D eigenvalue weighted by atomic mass is 16.5. The molecule has 0 aliphatic carbocycles. The number of furan rings is 1. The predicted octanol–water partition coefficient (Wildman–Crippen LogP) is 3.26. The number of esters is 1. The molecule has 0 atom stereocenters. The Morgan fingerprint density at radius 1 is 1.24 bits per heavy atom. The number of rotatable bonds is 6. The van der Waals surface area contributed by atoms with E-state index in [0.29, 0.717) is 17.9 Å². The van der Waals surface area contributed by atoms with E-state index in [0.717, 1.165) is 0 Å². The van der Waals surface area contributed by atoms with Crippen LogP contribution in [0.25, 0.3) is 0 Å². The minimum atomic E-state index is -0.411. The molecule has 0 radical (unpaired) electrons. The Kier molecular flexibility index (Phi) is 4.93. The first-order valence-corrected chi connectivity index (χ1v) is 6.49. The van der Waals surface area contributed by atoms with Crippen LogP contribution in [-0.2, 0) is 4.74 Å². The van der Waals surface area contributed by atoms with Gasteiger partial charge >= 0.3 is 5.97 Å². The number of hydrogen-bond donors (Lipinski definition) is 1. The van der Waals surface area contributed by atoms with Crippen molar-refractivity contribution in [2.75, 3.05) is 11.9 Å². The summed E-state index contributed by atoms with van der Waals surface area (Å²) in [5.41, 5.74) is 0.980. The quantitative estimate of drug-likeness (QED) is 0.501.